The number of benzene rings is 1. The van der Waals surface area contributed by atoms with Crippen molar-refractivity contribution in [1.82, 2.24) is 9.78 Å². The molecule has 0 spiro atoms. The smallest absolute Gasteiger partial charge is 0.125 e. The number of nitrogens with one attached hydrogen (secondary N) is 1. The molecule has 2 aromatic rings. The molecule has 1 aromatic carbocycles. The van der Waals surface area contributed by atoms with Crippen molar-refractivity contribution in [1.29, 1.82) is 0 Å². The first-order valence-electron chi connectivity index (χ1n) is 7.04. The van der Waals surface area contributed by atoms with Crippen molar-refractivity contribution < 1.29 is 4.39 Å². The van der Waals surface area contributed by atoms with E-state index in [-0.39, 0.29) is 17.3 Å². The van der Waals surface area contributed by atoms with Gasteiger partial charge in [-0.25, -0.2) is 9.07 Å². The zero-order valence-corrected chi connectivity index (χ0v) is 12.2. The monoisotopic (exact) mass is 273 g/mol. The van der Waals surface area contributed by atoms with Crippen molar-refractivity contribution in [3.8, 4) is 0 Å². The van der Waals surface area contributed by atoms with E-state index in [1.165, 1.54) is 12.1 Å². The number of fused-ring (bicyclic) bond motifs is 1. The van der Waals surface area contributed by atoms with Crippen LogP contribution in [0.25, 0.3) is 0 Å². The topological polar surface area (TPSA) is 29.9 Å². The number of rotatable bonds is 1. The molecule has 3 rings (SSSR count). The summed E-state index contributed by atoms with van der Waals surface area (Å²) in [5.74, 6) is 0.856. The van der Waals surface area contributed by atoms with Gasteiger partial charge in [0.05, 0.1) is 11.7 Å². The summed E-state index contributed by atoms with van der Waals surface area (Å²) in [5, 5.41) is 8.16. The maximum atomic E-state index is 13.1. The Hall–Kier alpha value is -1.84. The predicted octanol–water partition coefficient (Wildman–Crippen LogP) is 3.72. The first kappa shape index (κ1) is 13.2. The van der Waals surface area contributed by atoms with Crippen LogP contribution >= 0.6 is 0 Å². The number of aromatic nitrogens is 2. The fourth-order valence-corrected chi connectivity index (χ4v) is 2.58. The lowest BCUT2D eigenvalue weighted by Crippen LogP contribution is -2.24. The van der Waals surface area contributed by atoms with E-state index in [1.807, 2.05) is 16.8 Å². The van der Waals surface area contributed by atoms with Crippen LogP contribution in [0.15, 0.2) is 30.3 Å². The van der Waals surface area contributed by atoms with Gasteiger partial charge >= 0.3 is 0 Å². The Morgan fingerprint density at radius 2 is 1.95 bits per heavy atom. The van der Waals surface area contributed by atoms with E-state index in [1.54, 1.807) is 0 Å². The van der Waals surface area contributed by atoms with Gasteiger partial charge in [0, 0.05) is 18.0 Å². The van der Waals surface area contributed by atoms with Crippen LogP contribution in [0.1, 0.15) is 44.5 Å². The van der Waals surface area contributed by atoms with Crippen LogP contribution in [0, 0.1) is 5.82 Å². The van der Waals surface area contributed by atoms with E-state index < -0.39 is 0 Å². The lowest BCUT2D eigenvalue weighted by molar-refractivity contribution is 0.462. The molecule has 0 saturated heterocycles. The first-order chi connectivity index (χ1) is 9.45. The van der Waals surface area contributed by atoms with E-state index in [2.05, 4.69) is 32.2 Å². The van der Waals surface area contributed by atoms with Gasteiger partial charge in [0.1, 0.15) is 11.6 Å². The lowest BCUT2D eigenvalue weighted by atomic mass is 9.92. The maximum Gasteiger partial charge on any atom is 0.125 e. The van der Waals surface area contributed by atoms with E-state index in [0.717, 1.165) is 30.0 Å². The first-order valence-corrected chi connectivity index (χ1v) is 7.04. The Morgan fingerprint density at radius 1 is 1.25 bits per heavy atom. The highest BCUT2D eigenvalue weighted by molar-refractivity contribution is 5.43. The Morgan fingerprint density at radius 3 is 2.60 bits per heavy atom. The minimum absolute atomic E-state index is 0.0271. The number of anilines is 1. The molecule has 0 fully saturated rings. The molecule has 0 saturated carbocycles. The van der Waals surface area contributed by atoms with Crippen molar-refractivity contribution in [2.24, 2.45) is 0 Å². The van der Waals surface area contributed by atoms with Crippen LogP contribution in [-0.2, 0) is 5.41 Å². The SMILES string of the molecule is CC(C)(C)c1cc2n(n1)C(c1ccc(F)cc1)CCN2. The van der Waals surface area contributed by atoms with Gasteiger partial charge in [0.2, 0.25) is 0 Å². The second-order valence-corrected chi connectivity index (χ2v) is 6.39. The quantitative estimate of drug-likeness (QED) is 0.858. The summed E-state index contributed by atoms with van der Waals surface area (Å²) in [6, 6.07) is 9.05. The minimum atomic E-state index is -0.196. The van der Waals surface area contributed by atoms with Crippen LogP contribution in [-0.4, -0.2) is 16.3 Å². The summed E-state index contributed by atoms with van der Waals surface area (Å²) in [7, 11) is 0. The fraction of sp³-hybridized carbons (Fsp3) is 0.438. The molecule has 1 aromatic heterocycles. The van der Waals surface area contributed by atoms with E-state index in [9.17, 15) is 4.39 Å². The minimum Gasteiger partial charge on any atom is -0.370 e. The Labute approximate surface area is 118 Å². The molecule has 106 valence electrons. The van der Waals surface area contributed by atoms with Gasteiger partial charge in [-0.05, 0) is 24.1 Å². The third-order valence-electron chi connectivity index (χ3n) is 3.78. The standard InChI is InChI=1S/C16H20FN3/c1-16(2,3)14-10-15-18-9-8-13(20(15)19-14)11-4-6-12(17)7-5-11/h4-7,10,13,18H,8-9H2,1-3H3. The molecule has 20 heavy (non-hydrogen) atoms. The molecule has 2 heterocycles. The molecule has 0 radical (unpaired) electrons. The molecule has 1 unspecified atom stereocenters. The molecular weight excluding hydrogens is 253 g/mol. The summed E-state index contributed by atoms with van der Waals surface area (Å²) in [6.07, 6.45) is 0.962. The highest BCUT2D eigenvalue weighted by atomic mass is 19.1. The van der Waals surface area contributed by atoms with Crippen LogP contribution in [0.4, 0.5) is 10.2 Å². The highest BCUT2D eigenvalue weighted by Gasteiger charge is 2.26. The molecule has 1 aliphatic rings. The molecule has 4 heteroatoms. The van der Waals surface area contributed by atoms with Crippen molar-refractivity contribution in [2.75, 3.05) is 11.9 Å². The average molecular weight is 273 g/mol. The summed E-state index contributed by atoms with van der Waals surface area (Å²) in [6.45, 7) is 7.40. The van der Waals surface area contributed by atoms with E-state index in [0.29, 0.717) is 0 Å². The van der Waals surface area contributed by atoms with Gasteiger partial charge in [0.25, 0.3) is 0 Å². The van der Waals surface area contributed by atoms with Crippen LogP contribution in [0.3, 0.4) is 0 Å². The van der Waals surface area contributed by atoms with Crippen LogP contribution in [0.2, 0.25) is 0 Å². The summed E-state index contributed by atoms with van der Waals surface area (Å²) in [4.78, 5) is 0. The third-order valence-corrected chi connectivity index (χ3v) is 3.78. The maximum absolute atomic E-state index is 13.1. The molecule has 1 aliphatic heterocycles. The second-order valence-electron chi connectivity index (χ2n) is 6.39. The zero-order valence-electron chi connectivity index (χ0n) is 12.2. The van der Waals surface area contributed by atoms with Gasteiger partial charge in [-0.2, -0.15) is 5.10 Å². The van der Waals surface area contributed by atoms with Gasteiger partial charge in [0.15, 0.2) is 0 Å². The molecule has 3 nitrogen and oxygen atoms in total. The van der Waals surface area contributed by atoms with Crippen LogP contribution < -0.4 is 5.32 Å². The number of hydrogen-bond acceptors (Lipinski definition) is 2. The lowest BCUT2D eigenvalue weighted by Gasteiger charge is -2.26. The predicted molar refractivity (Wildman–Crippen MR) is 78.6 cm³/mol. The highest BCUT2D eigenvalue weighted by Crippen LogP contribution is 2.32. The normalized spacial score (nSPS) is 18.5. The second kappa shape index (κ2) is 4.62. The van der Waals surface area contributed by atoms with Crippen molar-refractivity contribution in [3.63, 3.8) is 0 Å². The van der Waals surface area contributed by atoms with E-state index >= 15 is 0 Å². The largest absolute Gasteiger partial charge is 0.370 e. The van der Waals surface area contributed by atoms with Gasteiger partial charge in [-0.3, -0.25) is 0 Å². The Bertz CT molecular complexity index is 608. The molecule has 1 atom stereocenters. The van der Waals surface area contributed by atoms with Gasteiger partial charge in [-0.1, -0.05) is 32.9 Å². The van der Waals surface area contributed by atoms with Crippen molar-refractivity contribution >= 4 is 5.82 Å². The van der Waals surface area contributed by atoms with Crippen molar-refractivity contribution in [2.45, 2.75) is 38.6 Å². The molecule has 0 amide bonds. The van der Waals surface area contributed by atoms with Gasteiger partial charge in [-0.15, -0.1) is 0 Å². The molecule has 0 aliphatic carbocycles. The molecular formula is C16H20FN3. The van der Waals surface area contributed by atoms with Crippen molar-refractivity contribution in [3.05, 3.63) is 47.4 Å². The van der Waals surface area contributed by atoms with Gasteiger partial charge < -0.3 is 5.32 Å². The molecule has 0 bridgehead atoms. The third kappa shape index (κ3) is 2.30. The fourth-order valence-electron chi connectivity index (χ4n) is 2.58. The number of halogens is 1. The Balaban J connectivity index is 2.01. The summed E-state index contributed by atoms with van der Waals surface area (Å²) in [5.41, 5.74) is 2.21. The zero-order chi connectivity index (χ0) is 14.3. The summed E-state index contributed by atoms with van der Waals surface area (Å²) < 4.78 is 15.1. The summed E-state index contributed by atoms with van der Waals surface area (Å²) >= 11 is 0. The number of nitrogens with zero attached hydrogens (tertiary/aromatic N) is 2. The number of hydrogen-bond donors (Lipinski definition) is 1. The van der Waals surface area contributed by atoms with Crippen LogP contribution in [0.5, 0.6) is 0 Å². The Kier molecular flexibility index (Phi) is 3.04. The van der Waals surface area contributed by atoms with E-state index in [4.69, 9.17) is 5.10 Å². The average Bonchev–Trinajstić information content (AvgIpc) is 2.83. The molecule has 1 N–H and O–H groups in total.